The van der Waals surface area contributed by atoms with Crippen LogP contribution in [-0.2, 0) is 6.54 Å². The highest BCUT2D eigenvalue weighted by atomic mass is 32.1. The van der Waals surface area contributed by atoms with Crippen molar-refractivity contribution in [3.05, 3.63) is 70.7 Å². The predicted molar refractivity (Wildman–Crippen MR) is 132 cm³/mol. The van der Waals surface area contributed by atoms with E-state index >= 15 is 0 Å². The number of amidine groups is 1. The van der Waals surface area contributed by atoms with Gasteiger partial charge in [-0.3, -0.25) is 10.2 Å². The summed E-state index contributed by atoms with van der Waals surface area (Å²) in [5.74, 6) is -0.0456. The Balaban J connectivity index is 1.55. The minimum absolute atomic E-state index is 0.0187. The number of benzene rings is 2. The van der Waals surface area contributed by atoms with Crippen molar-refractivity contribution in [3.63, 3.8) is 0 Å². The van der Waals surface area contributed by atoms with E-state index in [0.29, 0.717) is 17.8 Å². The first kappa shape index (κ1) is 20.7. The van der Waals surface area contributed by atoms with Gasteiger partial charge < -0.3 is 21.4 Å². The molecule has 2 aromatic carbocycles. The molecule has 1 saturated carbocycles. The standard InChI is InChI=1S/C25H27N5OS/c26-18-7-9-19(10-8-18)29-25(31)22-11-15-5-6-16(24(27)28)12-21(15)30(22)13-17-14-32-23-4-2-1-3-20(17)23/h1-6,11-12,14,18-19H,7-10,13,26H2,(H3,27,28)(H,29,31)/t18-,19-. The first-order valence-corrected chi connectivity index (χ1v) is 11.9. The van der Waals surface area contributed by atoms with Crippen LogP contribution >= 0.6 is 11.3 Å². The summed E-state index contributed by atoms with van der Waals surface area (Å²) in [6, 6.07) is 16.3. The Morgan fingerprint density at radius 3 is 2.69 bits per heavy atom. The Morgan fingerprint density at radius 2 is 1.91 bits per heavy atom. The number of nitrogens with two attached hydrogens (primary N) is 2. The van der Waals surface area contributed by atoms with Gasteiger partial charge in [-0.1, -0.05) is 30.3 Å². The molecule has 1 fully saturated rings. The van der Waals surface area contributed by atoms with Crippen LogP contribution in [0.25, 0.3) is 21.0 Å². The van der Waals surface area contributed by atoms with Gasteiger partial charge in [0.25, 0.3) is 5.91 Å². The monoisotopic (exact) mass is 445 g/mol. The minimum atomic E-state index is -0.0643. The summed E-state index contributed by atoms with van der Waals surface area (Å²) < 4.78 is 3.29. The van der Waals surface area contributed by atoms with Gasteiger partial charge in [0.2, 0.25) is 0 Å². The van der Waals surface area contributed by atoms with Crippen molar-refractivity contribution in [1.82, 2.24) is 9.88 Å². The molecule has 0 saturated heterocycles. The van der Waals surface area contributed by atoms with Gasteiger partial charge in [0.1, 0.15) is 11.5 Å². The fourth-order valence-corrected chi connectivity index (χ4v) is 5.58. The number of rotatable bonds is 5. The Labute approximate surface area is 190 Å². The first-order chi connectivity index (χ1) is 15.5. The molecule has 0 unspecified atom stereocenters. The van der Waals surface area contributed by atoms with Crippen LogP contribution < -0.4 is 16.8 Å². The van der Waals surface area contributed by atoms with Gasteiger partial charge in [-0.15, -0.1) is 11.3 Å². The second-order valence-corrected chi connectivity index (χ2v) is 9.56. The van der Waals surface area contributed by atoms with E-state index in [1.807, 2.05) is 36.4 Å². The lowest BCUT2D eigenvalue weighted by Gasteiger charge is -2.27. The van der Waals surface area contributed by atoms with Gasteiger partial charge in [-0.25, -0.2) is 0 Å². The summed E-state index contributed by atoms with van der Waals surface area (Å²) >= 11 is 1.71. The smallest absolute Gasteiger partial charge is 0.268 e. The number of nitrogen functional groups attached to an aromatic ring is 1. The van der Waals surface area contributed by atoms with Crippen LogP contribution in [0.5, 0.6) is 0 Å². The average Bonchev–Trinajstić information content (AvgIpc) is 3.37. The molecule has 1 aliphatic rings. The lowest BCUT2D eigenvalue weighted by molar-refractivity contribution is 0.0917. The van der Waals surface area contributed by atoms with Crippen molar-refractivity contribution in [3.8, 4) is 0 Å². The third-order valence-corrected chi connectivity index (χ3v) is 7.46. The number of fused-ring (bicyclic) bond motifs is 2. The molecule has 1 aliphatic carbocycles. The Hall–Kier alpha value is -3.16. The highest BCUT2D eigenvalue weighted by Crippen LogP contribution is 2.29. The molecule has 0 bridgehead atoms. The second-order valence-electron chi connectivity index (χ2n) is 8.65. The normalized spacial score (nSPS) is 18.8. The zero-order valence-corrected chi connectivity index (χ0v) is 18.6. The number of nitrogens with zero attached hydrogens (tertiary/aromatic N) is 1. The summed E-state index contributed by atoms with van der Waals surface area (Å²) in [7, 11) is 0. The average molecular weight is 446 g/mol. The van der Waals surface area contributed by atoms with E-state index in [-0.39, 0.29) is 23.8 Å². The molecule has 0 atom stereocenters. The molecule has 0 aliphatic heterocycles. The van der Waals surface area contributed by atoms with Crippen LogP contribution in [-0.4, -0.2) is 28.4 Å². The molecule has 0 radical (unpaired) electrons. The Morgan fingerprint density at radius 1 is 1.12 bits per heavy atom. The summed E-state index contributed by atoms with van der Waals surface area (Å²) in [5, 5.41) is 15.4. The quantitative estimate of drug-likeness (QED) is 0.273. The van der Waals surface area contributed by atoms with E-state index in [9.17, 15) is 4.79 Å². The first-order valence-electron chi connectivity index (χ1n) is 11.0. The molecule has 4 aromatic rings. The van der Waals surface area contributed by atoms with Gasteiger partial charge in [-0.05, 0) is 60.2 Å². The lowest BCUT2D eigenvalue weighted by atomic mass is 9.92. The molecular formula is C25H27N5OS. The number of amides is 1. The van der Waals surface area contributed by atoms with E-state index in [1.165, 1.54) is 15.6 Å². The van der Waals surface area contributed by atoms with Crippen molar-refractivity contribution >= 4 is 44.1 Å². The number of hydrogen-bond donors (Lipinski definition) is 4. The van der Waals surface area contributed by atoms with Gasteiger partial charge in [0, 0.05) is 39.8 Å². The lowest BCUT2D eigenvalue weighted by Crippen LogP contribution is -2.41. The van der Waals surface area contributed by atoms with E-state index in [0.717, 1.165) is 36.6 Å². The largest absolute Gasteiger partial charge is 0.384 e. The second kappa shape index (κ2) is 8.41. The van der Waals surface area contributed by atoms with Crippen LogP contribution in [0.15, 0.2) is 53.9 Å². The molecule has 2 heterocycles. The maximum absolute atomic E-state index is 13.4. The minimum Gasteiger partial charge on any atom is -0.384 e. The number of aromatic nitrogens is 1. The van der Waals surface area contributed by atoms with Crippen molar-refractivity contribution in [2.45, 2.75) is 44.3 Å². The third-order valence-electron chi connectivity index (χ3n) is 6.44. The highest BCUT2D eigenvalue weighted by Gasteiger charge is 2.23. The van der Waals surface area contributed by atoms with E-state index in [1.54, 1.807) is 11.3 Å². The zero-order valence-electron chi connectivity index (χ0n) is 17.8. The van der Waals surface area contributed by atoms with Crippen molar-refractivity contribution < 1.29 is 4.79 Å². The van der Waals surface area contributed by atoms with Gasteiger partial charge in [-0.2, -0.15) is 0 Å². The maximum Gasteiger partial charge on any atom is 0.268 e. The summed E-state index contributed by atoms with van der Waals surface area (Å²) in [4.78, 5) is 13.4. The van der Waals surface area contributed by atoms with Crippen LogP contribution in [0.2, 0.25) is 0 Å². The predicted octanol–water partition coefficient (Wildman–Crippen LogP) is 4.19. The van der Waals surface area contributed by atoms with Crippen molar-refractivity contribution in [1.29, 1.82) is 5.41 Å². The van der Waals surface area contributed by atoms with Crippen LogP contribution in [0, 0.1) is 5.41 Å². The van der Waals surface area contributed by atoms with Crippen molar-refractivity contribution in [2.24, 2.45) is 11.5 Å². The SMILES string of the molecule is N=C(N)c1ccc2cc(C(=O)N[C@H]3CC[C@H](N)CC3)n(Cc3csc4ccccc34)c2c1. The zero-order chi connectivity index (χ0) is 22.2. The molecule has 0 spiro atoms. The number of hydrogen-bond acceptors (Lipinski definition) is 4. The van der Waals surface area contributed by atoms with Crippen LogP contribution in [0.4, 0.5) is 0 Å². The molecule has 6 N–H and O–H groups in total. The van der Waals surface area contributed by atoms with Gasteiger partial charge in [0.15, 0.2) is 0 Å². The van der Waals surface area contributed by atoms with E-state index in [4.69, 9.17) is 16.9 Å². The Kier molecular flexibility index (Phi) is 5.45. The number of carbonyl (C=O) groups is 1. The number of carbonyl (C=O) groups excluding carboxylic acids is 1. The highest BCUT2D eigenvalue weighted by molar-refractivity contribution is 7.17. The summed E-state index contributed by atoms with van der Waals surface area (Å²) in [5.41, 5.74) is 15.1. The number of thiophene rings is 1. The molecule has 7 heteroatoms. The Bertz CT molecular complexity index is 1310. The molecule has 164 valence electrons. The molecule has 5 rings (SSSR count). The molecule has 32 heavy (non-hydrogen) atoms. The topological polar surface area (TPSA) is 110 Å². The maximum atomic E-state index is 13.4. The third kappa shape index (κ3) is 3.89. The van der Waals surface area contributed by atoms with Crippen molar-refractivity contribution in [2.75, 3.05) is 0 Å². The fourth-order valence-electron chi connectivity index (χ4n) is 4.63. The summed E-state index contributed by atoms with van der Waals surface area (Å²) in [6.45, 7) is 0.577. The van der Waals surface area contributed by atoms with Crippen LogP contribution in [0.1, 0.15) is 47.3 Å². The number of nitrogens with one attached hydrogen (secondary N) is 2. The van der Waals surface area contributed by atoms with E-state index in [2.05, 4.69) is 27.4 Å². The molecular weight excluding hydrogens is 418 g/mol. The molecule has 2 aromatic heterocycles. The molecule has 1 amide bonds. The fraction of sp³-hybridized carbons (Fsp3) is 0.280. The molecule has 6 nitrogen and oxygen atoms in total. The summed E-state index contributed by atoms with van der Waals surface area (Å²) in [6.07, 6.45) is 3.71. The van der Waals surface area contributed by atoms with E-state index < -0.39 is 0 Å². The van der Waals surface area contributed by atoms with Crippen LogP contribution in [0.3, 0.4) is 0 Å². The van der Waals surface area contributed by atoms with Gasteiger partial charge in [0.05, 0.1) is 0 Å². The van der Waals surface area contributed by atoms with Gasteiger partial charge >= 0.3 is 0 Å².